The van der Waals surface area contributed by atoms with Crippen molar-refractivity contribution in [3.05, 3.63) is 41.5 Å². The van der Waals surface area contributed by atoms with Crippen molar-refractivity contribution in [2.24, 2.45) is 10.8 Å². The van der Waals surface area contributed by atoms with E-state index >= 15 is 0 Å². The van der Waals surface area contributed by atoms with E-state index in [0.29, 0.717) is 5.71 Å². The van der Waals surface area contributed by atoms with Crippen LogP contribution in [0.4, 0.5) is 4.79 Å². The summed E-state index contributed by atoms with van der Waals surface area (Å²) in [6, 6.07) is 7.42. The molecule has 4 nitrogen and oxygen atoms in total. The molecule has 3 N–H and O–H groups in total. The van der Waals surface area contributed by atoms with Crippen LogP contribution in [0.15, 0.2) is 35.4 Å². The maximum atomic E-state index is 10.4. The van der Waals surface area contributed by atoms with Crippen LogP contribution in [-0.2, 0) is 0 Å². The van der Waals surface area contributed by atoms with E-state index in [1.807, 2.05) is 37.3 Å². The number of carbonyl (C=O) groups excluding carboxylic acids is 1. The number of benzene rings is 1. The van der Waals surface area contributed by atoms with Gasteiger partial charge in [0.05, 0.1) is 5.71 Å². The highest BCUT2D eigenvalue weighted by molar-refractivity contribution is 5.96. The number of primary amides is 1. The number of urea groups is 1. The fraction of sp³-hybridized carbons (Fsp3) is 0.167. The summed E-state index contributed by atoms with van der Waals surface area (Å²) in [7, 11) is 0. The van der Waals surface area contributed by atoms with Crippen LogP contribution in [0.3, 0.4) is 0 Å². The summed E-state index contributed by atoms with van der Waals surface area (Å²) in [5.41, 5.74) is 10.0. The van der Waals surface area contributed by atoms with Crippen LogP contribution >= 0.6 is 0 Å². The maximum Gasteiger partial charge on any atom is 0.332 e. The summed E-state index contributed by atoms with van der Waals surface area (Å²) >= 11 is 0. The standard InChI is InChI=1S/C12H15N3O/c1-9-4-3-5-11(8-9)7-6-10(2)14-15-12(13)16/h3-8H,1-2H3,(H3,13,15,16)/b7-6+,14-10+. The van der Waals surface area contributed by atoms with Crippen molar-refractivity contribution in [1.29, 1.82) is 0 Å². The molecular weight excluding hydrogens is 202 g/mol. The molecule has 1 rings (SSSR count). The molecule has 84 valence electrons. The van der Waals surface area contributed by atoms with E-state index in [1.165, 1.54) is 5.56 Å². The normalized spacial score (nSPS) is 11.8. The summed E-state index contributed by atoms with van der Waals surface area (Å²) in [6.45, 7) is 3.81. The Morgan fingerprint density at radius 3 is 2.88 bits per heavy atom. The van der Waals surface area contributed by atoms with Crippen molar-refractivity contribution in [1.82, 2.24) is 5.43 Å². The average molecular weight is 217 g/mol. The maximum absolute atomic E-state index is 10.4. The molecule has 0 spiro atoms. The SMILES string of the molecule is CC(/C=C/c1cccc(C)c1)=N\NC(N)=O. The third-order valence-electron chi connectivity index (χ3n) is 1.90. The lowest BCUT2D eigenvalue weighted by molar-refractivity contribution is 0.249. The molecule has 0 bridgehead atoms. The van der Waals surface area contributed by atoms with E-state index in [9.17, 15) is 4.79 Å². The van der Waals surface area contributed by atoms with E-state index in [2.05, 4.69) is 16.6 Å². The van der Waals surface area contributed by atoms with E-state index < -0.39 is 6.03 Å². The highest BCUT2D eigenvalue weighted by Crippen LogP contribution is 2.05. The van der Waals surface area contributed by atoms with Crippen molar-refractivity contribution >= 4 is 17.8 Å². The number of nitrogens with one attached hydrogen (secondary N) is 1. The van der Waals surface area contributed by atoms with Gasteiger partial charge in [0.2, 0.25) is 0 Å². The van der Waals surface area contributed by atoms with E-state index in [4.69, 9.17) is 5.73 Å². The van der Waals surface area contributed by atoms with Crippen LogP contribution in [0.5, 0.6) is 0 Å². The van der Waals surface area contributed by atoms with Crippen LogP contribution in [-0.4, -0.2) is 11.7 Å². The van der Waals surface area contributed by atoms with Crippen molar-refractivity contribution in [2.45, 2.75) is 13.8 Å². The predicted octanol–water partition coefficient (Wildman–Crippen LogP) is 2.05. The molecule has 1 aromatic rings. The summed E-state index contributed by atoms with van der Waals surface area (Å²) in [4.78, 5) is 10.4. The minimum Gasteiger partial charge on any atom is -0.350 e. The van der Waals surface area contributed by atoms with Gasteiger partial charge in [0.1, 0.15) is 0 Å². The largest absolute Gasteiger partial charge is 0.350 e. The lowest BCUT2D eigenvalue weighted by atomic mass is 10.1. The van der Waals surface area contributed by atoms with Crippen LogP contribution < -0.4 is 11.2 Å². The van der Waals surface area contributed by atoms with Crippen LogP contribution in [0.25, 0.3) is 6.08 Å². The Labute approximate surface area is 94.8 Å². The van der Waals surface area contributed by atoms with Gasteiger partial charge in [0.25, 0.3) is 0 Å². The summed E-state index contributed by atoms with van der Waals surface area (Å²) < 4.78 is 0. The molecule has 0 atom stereocenters. The van der Waals surface area contributed by atoms with Gasteiger partial charge in [-0.1, -0.05) is 35.9 Å². The fourth-order valence-electron chi connectivity index (χ4n) is 1.17. The summed E-state index contributed by atoms with van der Waals surface area (Å²) in [6.07, 6.45) is 3.74. The fourth-order valence-corrected chi connectivity index (χ4v) is 1.17. The van der Waals surface area contributed by atoms with Gasteiger partial charge in [0.15, 0.2) is 0 Å². The Kier molecular flexibility index (Phi) is 4.27. The predicted molar refractivity (Wildman–Crippen MR) is 66.0 cm³/mol. The lowest BCUT2D eigenvalue weighted by Crippen LogP contribution is -2.25. The highest BCUT2D eigenvalue weighted by atomic mass is 16.2. The average Bonchev–Trinajstić information content (AvgIpc) is 2.23. The molecule has 0 aliphatic heterocycles. The second kappa shape index (κ2) is 5.70. The Balaban J connectivity index is 2.66. The first-order chi connectivity index (χ1) is 7.58. The first-order valence-corrected chi connectivity index (χ1v) is 4.92. The number of aryl methyl sites for hydroxylation is 1. The number of carbonyl (C=O) groups is 1. The van der Waals surface area contributed by atoms with E-state index in [0.717, 1.165) is 5.56 Å². The molecule has 0 aromatic heterocycles. The molecule has 0 heterocycles. The minimum absolute atomic E-state index is 0.664. The number of nitrogens with zero attached hydrogens (tertiary/aromatic N) is 1. The number of hydrogen-bond donors (Lipinski definition) is 2. The zero-order chi connectivity index (χ0) is 12.0. The van der Waals surface area contributed by atoms with Gasteiger partial charge >= 0.3 is 6.03 Å². The van der Waals surface area contributed by atoms with Gasteiger partial charge in [-0.15, -0.1) is 0 Å². The van der Waals surface area contributed by atoms with Crippen LogP contribution in [0.2, 0.25) is 0 Å². The minimum atomic E-state index is -0.664. The Morgan fingerprint density at radius 2 is 2.25 bits per heavy atom. The first kappa shape index (κ1) is 12.0. The summed E-state index contributed by atoms with van der Waals surface area (Å²) in [5, 5.41) is 3.77. The molecule has 0 fully saturated rings. The zero-order valence-corrected chi connectivity index (χ0v) is 9.40. The lowest BCUT2D eigenvalue weighted by Gasteiger charge is -1.96. The van der Waals surface area contributed by atoms with Crippen molar-refractivity contribution < 1.29 is 4.79 Å². The highest BCUT2D eigenvalue weighted by Gasteiger charge is 1.90. The van der Waals surface area contributed by atoms with Gasteiger partial charge in [-0.05, 0) is 25.5 Å². The van der Waals surface area contributed by atoms with Gasteiger partial charge in [-0.3, -0.25) is 0 Å². The quantitative estimate of drug-likeness (QED) is 0.590. The number of hydrazone groups is 1. The molecule has 1 aromatic carbocycles. The van der Waals surface area contributed by atoms with Gasteiger partial charge in [-0.2, -0.15) is 5.10 Å². The van der Waals surface area contributed by atoms with Crippen molar-refractivity contribution in [3.8, 4) is 0 Å². The third-order valence-corrected chi connectivity index (χ3v) is 1.90. The zero-order valence-electron chi connectivity index (χ0n) is 9.40. The molecule has 0 saturated heterocycles. The number of amides is 2. The molecule has 16 heavy (non-hydrogen) atoms. The van der Waals surface area contributed by atoms with Gasteiger partial charge in [-0.25, -0.2) is 10.2 Å². The number of rotatable bonds is 3. The molecule has 0 aliphatic rings. The topological polar surface area (TPSA) is 67.5 Å². The molecular formula is C12H15N3O. The smallest absolute Gasteiger partial charge is 0.332 e. The number of allylic oxidation sites excluding steroid dienone is 1. The molecule has 0 unspecified atom stereocenters. The molecule has 0 radical (unpaired) electrons. The molecule has 2 amide bonds. The molecule has 0 saturated carbocycles. The van der Waals surface area contributed by atoms with Crippen LogP contribution in [0, 0.1) is 6.92 Å². The number of nitrogens with two attached hydrogens (primary N) is 1. The molecule has 0 aliphatic carbocycles. The second-order valence-corrected chi connectivity index (χ2v) is 3.48. The first-order valence-electron chi connectivity index (χ1n) is 4.92. The monoisotopic (exact) mass is 217 g/mol. The van der Waals surface area contributed by atoms with Crippen molar-refractivity contribution in [3.63, 3.8) is 0 Å². The van der Waals surface area contributed by atoms with Crippen LogP contribution in [0.1, 0.15) is 18.1 Å². The second-order valence-electron chi connectivity index (χ2n) is 3.48. The Hall–Kier alpha value is -2.10. The van der Waals surface area contributed by atoms with E-state index in [1.54, 1.807) is 6.92 Å². The van der Waals surface area contributed by atoms with Gasteiger partial charge < -0.3 is 5.73 Å². The Bertz CT molecular complexity index is 436. The number of hydrogen-bond acceptors (Lipinski definition) is 2. The molecule has 4 heteroatoms. The van der Waals surface area contributed by atoms with Crippen molar-refractivity contribution in [2.75, 3.05) is 0 Å². The summed E-state index contributed by atoms with van der Waals surface area (Å²) in [5.74, 6) is 0. The Morgan fingerprint density at radius 1 is 1.50 bits per heavy atom. The third kappa shape index (κ3) is 4.41. The van der Waals surface area contributed by atoms with E-state index in [-0.39, 0.29) is 0 Å². The van der Waals surface area contributed by atoms with Gasteiger partial charge in [0, 0.05) is 0 Å².